The summed E-state index contributed by atoms with van der Waals surface area (Å²) in [6, 6.07) is -0.680. The van der Waals surface area contributed by atoms with E-state index in [1.807, 2.05) is 0 Å². The molecule has 0 aromatic carbocycles. The highest BCUT2D eigenvalue weighted by Gasteiger charge is 2.72. The maximum absolute atomic E-state index is 14.6. The fourth-order valence-electron chi connectivity index (χ4n) is 13.1. The normalized spacial score (nSPS) is 52.7. The van der Waals surface area contributed by atoms with Crippen LogP contribution >= 0.6 is 0 Å². The summed E-state index contributed by atoms with van der Waals surface area (Å²) in [6.07, 6.45) is 10.7. The van der Waals surface area contributed by atoms with Crippen LogP contribution in [0.4, 0.5) is 0 Å². The Hall–Kier alpha value is -1.40. The molecule has 1 aliphatic heterocycles. The number of hydrogen-bond donors (Lipinski definition) is 3. The molecule has 0 bridgehead atoms. The number of amides is 1. The molecule has 0 unspecified atom stereocenters. The molecule has 0 radical (unpaired) electrons. The van der Waals surface area contributed by atoms with Gasteiger partial charge in [-0.1, -0.05) is 39.8 Å². The molecule has 0 spiro atoms. The molecule has 6 aliphatic rings. The molecule has 6 nitrogen and oxygen atoms in total. The Labute approximate surface area is 247 Å². The number of aliphatic hydroxyl groups is 2. The van der Waals surface area contributed by atoms with E-state index in [9.17, 15) is 24.9 Å². The first kappa shape index (κ1) is 29.7. The van der Waals surface area contributed by atoms with Crippen LogP contribution in [0.3, 0.4) is 0 Å². The van der Waals surface area contributed by atoms with Gasteiger partial charge in [0.05, 0.1) is 18.1 Å². The molecule has 6 rings (SSSR count). The van der Waals surface area contributed by atoms with Gasteiger partial charge in [0, 0.05) is 12.0 Å². The number of allylic oxidation sites excluding steroid dienone is 1. The Morgan fingerprint density at radius 1 is 0.878 bits per heavy atom. The van der Waals surface area contributed by atoms with Crippen molar-refractivity contribution >= 4 is 11.9 Å². The third kappa shape index (κ3) is 3.68. The molecule has 41 heavy (non-hydrogen) atoms. The lowest BCUT2D eigenvalue weighted by Crippen LogP contribution is -2.68. The minimum Gasteiger partial charge on any atom is -0.480 e. The predicted octanol–water partition coefficient (Wildman–Crippen LogP) is 6.05. The van der Waals surface area contributed by atoms with Crippen molar-refractivity contribution < 1.29 is 24.9 Å². The monoisotopic (exact) mass is 569 g/mol. The highest BCUT2D eigenvalue weighted by atomic mass is 16.4. The van der Waals surface area contributed by atoms with Crippen LogP contribution in [-0.4, -0.2) is 57.4 Å². The van der Waals surface area contributed by atoms with Crippen molar-refractivity contribution in [2.24, 2.45) is 56.7 Å². The van der Waals surface area contributed by atoms with Gasteiger partial charge >= 0.3 is 5.97 Å². The van der Waals surface area contributed by atoms with E-state index in [2.05, 4.69) is 41.2 Å². The van der Waals surface area contributed by atoms with Crippen LogP contribution in [0.1, 0.15) is 112 Å². The summed E-state index contributed by atoms with van der Waals surface area (Å²) in [6.45, 7) is 16.9. The lowest BCUT2D eigenvalue weighted by atomic mass is 9.32. The second-order valence-corrected chi connectivity index (χ2v) is 16.6. The van der Waals surface area contributed by atoms with Crippen LogP contribution in [0.25, 0.3) is 0 Å². The predicted molar refractivity (Wildman–Crippen MR) is 159 cm³/mol. The van der Waals surface area contributed by atoms with Gasteiger partial charge in [0.1, 0.15) is 6.04 Å². The number of likely N-dealkylation sites (tertiary alicyclic amines) is 1. The molecule has 1 amide bonds. The molecular formula is C35H55NO5. The second-order valence-electron chi connectivity index (χ2n) is 16.6. The molecule has 1 saturated heterocycles. The molecule has 6 fully saturated rings. The van der Waals surface area contributed by atoms with Crippen LogP contribution in [0, 0.1) is 56.7 Å². The summed E-state index contributed by atoms with van der Waals surface area (Å²) in [7, 11) is 0. The number of rotatable bonds is 4. The number of aliphatic hydroxyl groups excluding tert-OH is 2. The van der Waals surface area contributed by atoms with Crippen LogP contribution in [0.5, 0.6) is 0 Å². The van der Waals surface area contributed by atoms with Crippen LogP contribution in [0.2, 0.25) is 0 Å². The van der Waals surface area contributed by atoms with Crippen molar-refractivity contribution in [3.63, 3.8) is 0 Å². The quantitative estimate of drug-likeness (QED) is 0.358. The standard InChI is InChI=1S/C35H55NO5/c1-21(2)22-11-16-35(30(41)36-19-7-8-24(36)29(39)40)18-17-33(5)23(28(22)35)9-10-26-31(3)14-13-27(38)32(4,20-37)25(31)12-15-34(26,33)6/h22-28,37-38H,1,7-20H2,2-6H3,(H,39,40)/t22-,23+,24-,25+,26+,27-,28+,31-,32-,33+,34+,35-/m0/s1. The number of aliphatic carboxylic acids is 1. The van der Waals surface area contributed by atoms with Gasteiger partial charge in [0.25, 0.3) is 0 Å². The first-order valence-corrected chi connectivity index (χ1v) is 16.7. The lowest BCUT2D eigenvalue weighted by Gasteiger charge is -2.73. The van der Waals surface area contributed by atoms with Crippen molar-refractivity contribution in [2.45, 2.75) is 124 Å². The zero-order valence-electron chi connectivity index (χ0n) is 26.3. The Balaban J connectivity index is 1.39. The van der Waals surface area contributed by atoms with Gasteiger partial charge in [0.2, 0.25) is 5.91 Å². The van der Waals surface area contributed by atoms with E-state index in [0.717, 1.165) is 70.6 Å². The lowest BCUT2D eigenvalue weighted by molar-refractivity contribution is -0.253. The largest absolute Gasteiger partial charge is 0.480 e. The topological polar surface area (TPSA) is 98.1 Å². The number of carbonyl (C=O) groups excluding carboxylic acids is 1. The molecule has 6 heteroatoms. The first-order chi connectivity index (χ1) is 19.2. The highest BCUT2D eigenvalue weighted by molar-refractivity contribution is 5.89. The number of carboxylic acid groups (broad SMARTS) is 1. The maximum Gasteiger partial charge on any atom is 0.326 e. The van der Waals surface area contributed by atoms with Crippen molar-refractivity contribution in [3.8, 4) is 0 Å². The molecule has 5 aliphatic carbocycles. The Bertz CT molecular complexity index is 1120. The van der Waals surface area contributed by atoms with Crippen molar-refractivity contribution in [1.29, 1.82) is 0 Å². The molecule has 1 heterocycles. The molecule has 0 aromatic heterocycles. The van der Waals surface area contributed by atoms with E-state index < -0.39 is 28.9 Å². The van der Waals surface area contributed by atoms with Crippen molar-refractivity contribution in [2.75, 3.05) is 13.2 Å². The number of carboxylic acids is 1. The third-order valence-corrected chi connectivity index (χ3v) is 15.4. The highest BCUT2D eigenvalue weighted by Crippen LogP contribution is 2.77. The maximum atomic E-state index is 14.6. The summed E-state index contributed by atoms with van der Waals surface area (Å²) in [5.41, 5.74) is 0.546. The van der Waals surface area contributed by atoms with E-state index in [4.69, 9.17) is 0 Å². The van der Waals surface area contributed by atoms with Crippen molar-refractivity contribution in [3.05, 3.63) is 12.2 Å². The zero-order chi connectivity index (χ0) is 29.8. The van der Waals surface area contributed by atoms with Gasteiger partial charge in [-0.05, 0) is 130 Å². The van der Waals surface area contributed by atoms with Crippen molar-refractivity contribution in [1.82, 2.24) is 4.90 Å². The fraction of sp³-hybridized carbons (Fsp3) is 0.886. The van der Waals surface area contributed by atoms with Crippen LogP contribution in [-0.2, 0) is 9.59 Å². The van der Waals surface area contributed by atoms with E-state index in [1.54, 1.807) is 4.90 Å². The van der Waals surface area contributed by atoms with E-state index in [0.29, 0.717) is 36.6 Å². The van der Waals surface area contributed by atoms with Gasteiger partial charge in [-0.25, -0.2) is 4.79 Å². The van der Waals surface area contributed by atoms with E-state index >= 15 is 0 Å². The summed E-state index contributed by atoms with van der Waals surface area (Å²) in [5.74, 6) is 1.05. The summed E-state index contributed by atoms with van der Waals surface area (Å²) in [5, 5.41) is 31.5. The summed E-state index contributed by atoms with van der Waals surface area (Å²) >= 11 is 0. The van der Waals surface area contributed by atoms with Crippen LogP contribution in [0.15, 0.2) is 12.2 Å². The zero-order valence-corrected chi connectivity index (χ0v) is 26.3. The SMILES string of the molecule is C=C(C)[C@@H]1CC[C@]2(C(=O)N3CCC[C@H]3C(=O)O)CC[C@]3(C)[C@H](CC[C@@H]4[C@@]5(C)CC[C@H](O)[C@@](C)(CO)[C@@H]5CC[C@]43C)[C@@H]12. The number of nitrogens with zero attached hydrogens (tertiary/aromatic N) is 1. The second kappa shape index (κ2) is 9.55. The third-order valence-electron chi connectivity index (χ3n) is 15.4. The minimum atomic E-state index is -0.857. The molecule has 12 atom stereocenters. The smallest absolute Gasteiger partial charge is 0.326 e. The Morgan fingerprint density at radius 3 is 2.27 bits per heavy atom. The Kier molecular flexibility index (Phi) is 6.91. The number of fused-ring (bicyclic) bond motifs is 7. The Morgan fingerprint density at radius 2 is 1.61 bits per heavy atom. The number of hydrogen-bond acceptors (Lipinski definition) is 4. The van der Waals surface area contributed by atoms with Gasteiger partial charge in [0.15, 0.2) is 0 Å². The molecule has 0 aromatic rings. The average molecular weight is 570 g/mol. The van der Waals surface area contributed by atoms with Gasteiger partial charge < -0.3 is 20.2 Å². The van der Waals surface area contributed by atoms with E-state index in [1.165, 1.54) is 5.57 Å². The molecular weight excluding hydrogens is 514 g/mol. The van der Waals surface area contributed by atoms with Gasteiger partial charge in [-0.2, -0.15) is 0 Å². The first-order valence-electron chi connectivity index (χ1n) is 16.7. The number of carbonyl (C=O) groups is 2. The summed E-state index contributed by atoms with van der Waals surface area (Å²) in [4.78, 5) is 28.5. The van der Waals surface area contributed by atoms with E-state index in [-0.39, 0.29) is 34.7 Å². The van der Waals surface area contributed by atoms with Crippen LogP contribution < -0.4 is 0 Å². The fourth-order valence-corrected chi connectivity index (χ4v) is 13.1. The van der Waals surface area contributed by atoms with Gasteiger partial charge in [-0.3, -0.25) is 4.79 Å². The van der Waals surface area contributed by atoms with Gasteiger partial charge in [-0.15, -0.1) is 0 Å². The average Bonchev–Trinajstić information content (AvgIpc) is 3.57. The summed E-state index contributed by atoms with van der Waals surface area (Å²) < 4.78 is 0. The minimum absolute atomic E-state index is 0.0403. The molecule has 5 saturated carbocycles. The molecule has 3 N–H and O–H groups in total. The molecule has 230 valence electrons.